The monoisotopic (exact) mass is 283 g/mol. The van der Waals surface area contributed by atoms with E-state index < -0.39 is 0 Å². The Morgan fingerprint density at radius 2 is 2.24 bits per heavy atom. The molecule has 21 heavy (non-hydrogen) atoms. The molecule has 0 spiro atoms. The highest BCUT2D eigenvalue weighted by atomic mass is 16.5. The van der Waals surface area contributed by atoms with Crippen LogP contribution < -0.4 is 15.6 Å². The van der Waals surface area contributed by atoms with Gasteiger partial charge in [-0.05, 0) is 19.1 Å². The van der Waals surface area contributed by atoms with Crippen molar-refractivity contribution >= 4 is 11.5 Å². The molecule has 7 heteroatoms. The summed E-state index contributed by atoms with van der Waals surface area (Å²) in [6.07, 6.45) is 0. The van der Waals surface area contributed by atoms with E-state index in [1.54, 1.807) is 6.92 Å². The summed E-state index contributed by atoms with van der Waals surface area (Å²) in [5, 5.41) is 6.26. The van der Waals surface area contributed by atoms with Gasteiger partial charge >= 0.3 is 0 Å². The largest absolute Gasteiger partial charge is 0.489 e. The second kappa shape index (κ2) is 4.34. The number of benzene rings is 1. The van der Waals surface area contributed by atoms with Crippen molar-refractivity contribution in [2.45, 2.75) is 6.92 Å². The number of rotatable bonds is 1. The van der Waals surface area contributed by atoms with Crippen LogP contribution in [0.15, 0.2) is 29.1 Å². The SMILES string of the molecule is Cc1cc(=O)n2[nH]c(-c3cccc4c3OCCN4)nc2n1. The maximum atomic E-state index is 11.9. The molecule has 0 saturated heterocycles. The number of hydrogen-bond acceptors (Lipinski definition) is 5. The number of H-pyrrole nitrogens is 1. The minimum absolute atomic E-state index is 0.180. The van der Waals surface area contributed by atoms with Crippen LogP contribution in [0.2, 0.25) is 0 Å². The van der Waals surface area contributed by atoms with Crippen LogP contribution in [0.5, 0.6) is 5.75 Å². The summed E-state index contributed by atoms with van der Waals surface area (Å²) in [5.41, 5.74) is 2.20. The Hall–Kier alpha value is -2.83. The molecule has 1 aromatic carbocycles. The lowest BCUT2D eigenvalue weighted by Gasteiger charge is -2.20. The van der Waals surface area contributed by atoms with Crippen molar-refractivity contribution in [2.75, 3.05) is 18.5 Å². The van der Waals surface area contributed by atoms with Gasteiger partial charge in [-0.2, -0.15) is 9.50 Å². The van der Waals surface area contributed by atoms with Gasteiger partial charge in [0.25, 0.3) is 11.3 Å². The molecule has 0 saturated carbocycles. The lowest BCUT2D eigenvalue weighted by atomic mass is 10.1. The molecule has 2 N–H and O–H groups in total. The third kappa shape index (κ3) is 1.85. The molecule has 1 aliphatic heterocycles. The minimum Gasteiger partial charge on any atom is -0.489 e. The lowest BCUT2D eigenvalue weighted by molar-refractivity contribution is 0.324. The number of nitrogens with zero attached hydrogens (tertiary/aromatic N) is 3. The summed E-state index contributed by atoms with van der Waals surface area (Å²) in [5.74, 6) is 1.66. The van der Waals surface area contributed by atoms with Crippen molar-refractivity contribution in [1.29, 1.82) is 0 Å². The Bertz CT molecular complexity index is 896. The van der Waals surface area contributed by atoms with Crippen LogP contribution in [0.3, 0.4) is 0 Å². The van der Waals surface area contributed by atoms with Crippen LogP contribution >= 0.6 is 0 Å². The average Bonchev–Trinajstić information content (AvgIpc) is 2.90. The maximum absolute atomic E-state index is 11.9. The van der Waals surface area contributed by atoms with Crippen molar-refractivity contribution in [3.05, 3.63) is 40.3 Å². The summed E-state index contributed by atoms with van der Waals surface area (Å²) in [4.78, 5) is 20.6. The molecule has 0 amide bonds. The number of nitrogens with one attached hydrogen (secondary N) is 2. The third-order valence-electron chi connectivity index (χ3n) is 3.39. The summed E-state index contributed by atoms with van der Waals surface area (Å²) in [6.45, 7) is 3.14. The number of ether oxygens (including phenoxy) is 1. The first-order valence-electron chi connectivity index (χ1n) is 6.69. The lowest BCUT2D eigenvalue weighted by Crippen LogP contribution is -2.18. The quantitative estimate of drug-likeness (QED) is 0.701. The van der Waals surface area contributed by atoms with Crippen molar-refractivity contribution in [3.8, 4) is 17.1 Å². The Morgan fingerprint density at radius 3 is 3.14 bits per heavy atom. The molecule has 0 unspecified atom stereocenters. The van der Waals surface area contributed by atoms with Gasteiger partial charge in [0, 0.05) is 18.3 Å². The topological polar surface area (TPSA) is 84.3 Å². The Balaban J connectivity index is 1.95. The van der Waals surface area contributed by atoms with E-state index in [1.165, 1.54) is 10.6 Å². The van der Waals surface area contributed by atoms with E-state index in [0.717, 1.165) is 23.5 Å². The summed E-state index contributed by atoms with van der Waals surface area (Å²) in [7, 11) is 0. The van der Waals surface area contributed by atoms with Gasteiger partial charge in [-0.15, -0.1) is 0 Å². The van der Waals surface area contributed by atoms with Gasteiger partial charge in [0.1, 0.15) is 6.61 Å². The van der Waals surface area contributed by atoms with Gasteiger partial charge in [0.2, 0.25) is 0 Å². The van der Waals surface area contributed by atoms with E-state index >= 15 is 0 Å². The van der Waals surface area contributed by atoms with Crippen LogP contribution in [0.25, 0.3) is 17.2 Å². The fourth-order valence-corrected chi connectivity index (χ4v) is 2.47. The molecule has 0 radical (unpaired) electrons. The van der Waals surface area contributed by atoms with Crippen LogP contribution in [0.1, 0.15) is 5.69 Å². The molecular weight excluding hydrogens is 270 g/mol. The number of fused-ring (bicyclic) bond motifs is 2. The van der Waals surface area contributed by atoms with Gasteiger partial charge in [-0.1, -0.05) is 6.07 Å². The fourth-order valence-electron chi connectivity index (χ4n) is 2.47. The van der Waals surface area contributed by atoms with E-state index in [2.05, 4.69) is 20.4 Å². The molecule has 3 aromatic rings. The molecule has 3 heterocycles. The van der Waals surface area contributed by atoms with E-state index in [1.807, 2.05) is 18.2 Å². The van der Waals surface area contributed by atoms with Crippen LogP contribution in [-0.2, 0) is 0 Å². The molecular formula is C14H13N5O2. The Kier molecular flexibility index (Phi) is 2.47. The molecule has 0 atom stereocenters. The minimum atomic E-state index is -0.180. The molecule has 0 aliphatic carbocycles. The maximum Gasteiger partial charge on any atom is 0.274 e. The van der Waals surface area contributed by atoms with Crippen molar-refractivity contribution in [3.63, 3.8) is 0 Å². The van der Waals surface area contributed by atoms with Crippen LogP contribution in [-0.4, -0.2) is 32.7 Å². The highest BCUT2D eigenvalue weighted by molar-refractivity contribution is 5.75. The van der Waals surface area contributed by atoms with Crippen LogP contribution in [0, 0.1) is 6.92 Å². The standard InChI is InChI=1S/C14H13N5O2/c1-8-7-11(20)19-14(16-8)17-13(18-19)9-3-2-4-10-12(9)21-6-5-15-10/h2-4,7,15H,5-6H2,1H3,(H,16,17,18). The zero-order valence-electron chi connectivity index (χ0n) is 11.4. The van der Waals surface area contributed by atoms with E-state index in [4.69, 9.17) is 4.74 Å². The molecule has 7 nitrogen and oxygen atoms in total. The molecule has 0 fully saturated rings. The van der Waals surface area contributed by atoms with Crippen molar-refractivity contribution in [2.24, 2.45) is 0 Å². The number of para-hydroxylation sites is 1. The second-order valence-electron chi connectivity index (χ2n) is 4.90. The first kappa shape index (κ1) is 12.0. The second-order valence-corrected chi connectivity index (χ2v) is 4.90. The summed E-state index contributed by atoms with van der Waals surface area (Å²) < 4.78 is 7.06. The summed E-state index contributed by atoms with van der Waals surface area (Å²) in [6, 6.07) is 7.24. The van der Waals surface area contributed by atoms with Crippen molar-refractivity contribution < 1.29 is 4.74 Å². The highest BCUT2D eigenvalue weighted by Gasteiger charge is 2.18. The average molecular weight is 283 g/mol. The highest BCUT2D eigenvalue weighted by Crippen LogP contribution is 2.36. The molecule has 4 rings (SSSR count). The van der Waals surface area contributed by atoms with Crippen LogP contribution in [0.4, 0.5) is 5.69 Å². The molecule has 2 aromatic heterocycles. The molecule has 106 valence electrons. The molecule has 0 bridgehead atoms. The predicted molar refractivity (Wildman–Crippen MR) is 77.8 cm³/mol. The third-order valence-corrected chi connectivity index (χ3v) is 3.39. The first-order chi connectivity index (χ1) is 10.2. The van der Waals surface area contributed by atoms with Gasteiger partial charge in [0.15, 0.2) is 11.6 Å². The number of aromatic amines is 1. The number of aryl methyl sites for hydroxylation is 1. The van der Waals surface area contributed by atoms with Gasteiger partial charge < -0.3 is 10.1 Å². The predicted octanol–water partition coefficient (Wildman–Crippen LogP) is 1.20. The fraction of sp³-hybridized carbons (Fsp3) is 0.214. The summed E-state index contributed by atoms with van der Waals surface area (Å²) >= 11 is 0. The first-order valence-corrected chi connectivity index (χ1v) is 6.69. The van der Waals surface area contributed by atoms with Gasteiger partial charge in [-0.25, -0.2) is 4.98 Å². The smallest absolute Gasteiger partial charge is 0.274 e. The van der Waals surface area contributed by atoms with Gasteiger partial charge in [0.05, 0.1) is 11.3 Å². The number of hydrogen-bond donors (Lipinski definition) is 2. The Morgan fingerprint density at radius 1 is 1.33 bits per heavy atom. The zero-order chi connectivity index (χ0) is 14.4. The van der Waals surface area contributed by atoms with E-state index in [-0.39, 0.29) is 5.56 Å². The zero-order valence-corrected chi connectivity index (χ0v) is 11.4. The number of anilines is 1. The molecule has 1 aliphatic rings. The van der Waals surface area contributed by atoms with Crippen molar-refractivity contribution in [1.82, 2.24) is 19.6 Å². The Labute approximate surface area is 119 Å². The van der Waals surface area contributed by atoms with Gasteiger partial charge in [-0.3, -0.25) is 9.89 Å². The van der Waals surface area contributed by atoms with E-state index in [0.29, 0.717) is 23.9 Å². The van der Waals surface area contributed by atoms with E-state index in [9.17, 15) is 4.79 Å². The number of aromatic nitrogens is 4. The normalized spacial score (nSPS) is 13.6.